The number of likely N-dealkylation sites (tertiary alicyclic amines) is 1. The van der Waals surface area contributed by atoms with E-state index in [9.17, 15) is 14.9 Å². The minimum absolute atomic E-state index is 0.0409. The maximum atomic E-state index is 12.3. The lowest BCUT2D eigenvalue weighted by atomic mass is 10.1. The van der Waals surface area contributed by atoms with Gasteiger partial charge in [0.05, 0.1) is 11.5 Å². The van der Waals surface area contributed by atoms with Crippen molar-refractivity contribution in [3.8, 4) is 0 Å². The van der Waals surface area contributed by atoms with E-state index in [1.54, 1.807) is 12.3 Å². The molecule has 0 spiro atoms. The van der Waals surface area contributed by atoms with Crippen molar-refractivity contribution in [1.82, 2.24) is 9.88 Å². The van der Waals surface area contributed by atoms with Crippen molar-refractivity contribution in [2.24, 2.45) is 0 Å². The topological polar surface area (TPSA) is 88.4 Å². The molecule has 25 heavy (non-hydrogen) atoms. The molecule has 1 aromatic carbocycles. The van der Waals surface area contributed by atoms with E-state index in [-0.39, 0.29) is 29.2 Å². The van der Waals surface area contributed by atoms with Crippen LogP contribution in [0.3, 0.4) is 0 Å². The van der Waals surface area contributed by atoms with E-state index in [4.69, 9.17) is 11.6 Å². The summed E-state index contributed by atoms with van der Waals surface area (Å²) < 4.78 is 0. The maximum Gasteiger partial charge on any atom is 0.289 e. The highest BCUT2D eigenvalue weighted by molar-refractivity contribution is 6.32. The highest BCUT2D eigenvalue weighted by Crippen LogP contribution is 2.31. The first-order chi connectivity index (χ1) is 12.0. The number of pyridine rings is 1. The molecule has 8 heteroatoms. The molecular formula is C17H17ClN4O3. The van der Waals surface area contributed by atoms with Gasteiger partial charge in [0.25, 0.3) is 5.69 Å². The molecule has 1 saturated heterocycles. The lowest BCUT2D eigenvalue weighted by Gasteiger charge is -2.23. The number of amides is 1. The standard InChI is InChI=1S/C17H17ClN4O3/c18-14-6-5-13(9-16(14)22(24)25)20-17(23)11-21-8-2-4-15(21)12-3-1-7-19-10-12/h1,3,5-7,9-10,15H,2,4,8,11H2,(H,20,23)/t15-/m1/s1. The molecule has 0 radical (unpaired) electrons. The lowest BCUT2D eigenvalue weighted by Crippen LogP contribution is -2.33. The van der Waals surface area contributed by atoms with Crippen molar-refractivity contribution in [3.63, 3.8) is 0 Å². The summed E-state index contributed by atoms with van der Waals surface area (Å²) in [5.74, 6) is -0.215. The molecule has 7 nitrogen and oxygen atoms in total. The van der Waals surface area contributed by atoms with Gasteiger partial charge in [0.15, 0.2) is 0 Å². The number of benzene rings is 1. The number of aromatic nitrogens is 1. The number of halogens is 1. The van der Waals surface area contributed by atoms with Crippen molar-refractivity contribution in [1.29, 1.82) is 0 Å². The van der Waals surface area contributed by atoms with Gasteiger partial charge in [-0.05, 0) is 43.1 Å². The molecular weight excluding hydrogens is 344 g/mol. The van der Waals surface area contributed by atoms with E-state index >= 15 is 0 Å². The molecule has 3 rings (SSSR count). The Morgan fingerprint density at radius 1 is 1.44 bits per heavy atom. The van der Waals surface area contributed by atoms with Crippen LogP contribution in [0.4, 0.5) is 11.4 Å². The van der Waals surface area contributed by atoms with Crippen molar-refractivity contribution in [3.05, 3.63) is 63.4 Å². The second-order valence-electron chi connectivity index (χ2n) is 5.89. The SMILES string of the molecule is O=C(CN1CCC[C@@H]1c1cccnc1)Nc1ccc(Cl)c([N+](=O)[O-])c1. The molecule has 1 N–H and O–H groups in total. The Bertz CT molecular complexity index is 785. The van der Waals surface area contributed by atoms with Crippen LogP contribution in [-0.4, -0.2) is 33.8 Å². The van der Waals surface area contributed by atoms with Gasteiger partial charge in [0.2, 0.25) is 5.91 Å². The summed E-state index contributed by atoms with van der Waals surface area (Å²) in [5, 5.41) is 13.7. The first-order valence-electron chi connectivity index (χ1n) is 7.92. The van der Waals surface area contributed by atoms with Crippen LogP contribution in [0.15, 0.2) is 42.7 Å². The van der Waals surface area contributed by atoms with E-state index < -0.39 is 4.92 Å². The number of anilines is 1. The minimum Gasteiger partial charge on any atom is -0.325 e. The average Bonchev–Trinajstić information content (AvgIpc) is 3.05. The Balaban J connectivity index is 1.66. The highest BCUT2D eigenvalue weighted by atomic mass is 35.5. The Hall–Kier alpha value is -2.51. The minimum atomic E-state index is -0.573. The van der Waals surface area contributed by atoms with Crippen molar-refractivity contribution < 1.29 is 9.72 Å². The van der Waals surface area contributed by atoms with Crippen molar-refractivity contribution in [2.45, 2.75) is 18.9 Å². The Morgan fingerprint density at radius 2 is 2.28 bits per heavy atom. The number of nitro groups is 1. The zero-order chi connectivity index (χ0) is 17.8. The smallest absolute Gasteiger partial charge is 0.289 e. The Labute approximate surface area is 149 Å². The fraction of sp³-hybridized carbons (Fsp3) is 0.294. The molecule has 130 valence electrons. The van der Waals surface area contributed by atoms with Gasteiger partial charge in [-0.3, -0.25) is 24.8 Å². The third-order valence-electron chi connectivity index (χ3n) is 4.21. The van der Waals surface area contributed by atoms with Gasteiger partial charge in [-0.15, -0.1) is 0 Å². The fourth-order valence-corrected chi connectivity index (χ4v) is 3.27. The number of hydrogen-bond donors (Lipinski definition) is 1. The van der Waals surface area contributed by atoms with Gasteiger partial charge in [-0.1, -0.05) is 17.7 Å². The van der Waals surface area contributed by atoms with E-state index in [2.05, 4.69) is 15.2 Å². The van der Waals surface area contributed by atoms with E-state index in [1.807, 2.05) is 18.3 Å². The molecule has 0 aliphatic carbocycles. The Kier molecular flexibility index (Phi) is 5.25. The zero-order valence-corrected chi connectivity index (χ0v) is 14.1. The summed E-state index contributed by atoms with van der Waals surface area (Å²) in [6, 6.07) is 8.29. The van der Waals surface area contributed by atoms with Crippen LogP contribution in [0, 0.1) is 10.1 Å². The quantitative estimate of drug-likeness (QED) is 0.652. The maximum absolute atomic E-state index is 12.3. The number of rotatable bonds is 5. The van der Waals surface area contributed by atoms with Gasteiger partial charge in [-0.25, -0.2) is 0 Å². The number of carbonyl (C=O) groups is 1. The Morgan fingerprint density at radius 3 is 3.00 bits per heavy atom. The monoisotopic (exact) mass is 360 g/mol. The van der Waals surface area contributed by atoms with Crippen LogP contribution in [0.1, 0.15) is 24.4 Å². The molecule has 1 aliphatic heterocycles. The van der Waals surface area contributed by atoms with Crippen LogP contribution in [0.25, 0.3) is 0 Å². The van der Waals surface area contributed by atoms with Crippen LogP contribution >= 0.6 is 11.6 Å². The summed E-state index contributed by atoms with van der Waals surface area (Å²) in [6.45, 7) is 1.05. The summed E-state index contributed by atoms with van der Waals surface area (Å²) in [6.07, 6.45) is 5.54. The summed E-state index contributed by atoms with van der Waals surface area (Å²) in [4.78, 5) is 28.9. The molecule has 0 saturated carbocycles. The summed E-state index contributed by atoms with van der Waals surface area (Å²) in [7, 11) is 0. The van der Waals surface area contributed by atoms with Gasteiger partial charge in [-0.2, -0.15) is 0 Å². The second-order valence-corrected chi connectivity index (χ2v) is 6.29. The fourth-order valence-electron chi connectivity index (χ4n) is 3.08. The first kappa shape index (κ1) is 17.3. The van der Waals surface area contributed by atoms with E-state index in [0.717, 1.165) is 24.9 Å². The van der Waals surface area contributed by atoms with Crippen LogP contribution in [-0.2, 0) is 4.79 Å². The number of nitrogens with one attached hydrogen (secondary N) is 1. The predicted molar refractivity (Wildman–Crippen MR) is 94.5 cm³/mol. The van der Waals surface area contributed by atoms with Gasteiger partial charge >= 0.3 is 0 Å². The lowest BCUT2D eigenvalue weighted by molar-refractivity contribution is -0.384. The zero-order valence-electron chi connectivity index (χ0n) is 13.4. The van der Waals surface area contributed by atoms with Gasteiger partial charge < -0.3 is 5.32 Å². The molecule has 1 amide bonds. The molecule has 0 unspecified atom stereocenters. The van der Waals surface area contributed by atoms with Crippen molar-refractivity contribution >= 4 is 28.9 Å². The third-order valence-corrected chi connectivity index (χ3v) is 4.53. The molecule has 1 aliphatic rings. The third kappa shape index (κ3) is 4.12. The molecule has 1 atom stereocenters. The number of nitro benzene ring substituents is 1. The molecule has 2 heterocycles. The van der Waals surface area contributed by atoms with E-state index in [1.165, 1.54) is 12.1 Å². The molecule has 1 aromatic heterocycles. The van der Waals surface area contributed by atoms with Crippen LogP contribution in [0.2, 0.25) is 5.02 Å². The summed E-state index contributed by atoms with van der Waals surface area (Å²) in [5.41, 5.74) is 1.22. The van der Waals surface area contributed by atoms with Crippen LogP contribution in [0.5, 0.6) is 0 Å². The van der Waals surface area contributed by atoms with Gasteiger partial charge in [0, 0.05) is 30.2 Å². The number of hydrogen-bond acceptors (Lipinski definition) is 5. The van der Waals surface area contributed by atoms with Crippen LogP contribution < -0.4 is 5.32 Å². The van der Waals surface area contributed by atoms with Crippen molar-refractivity contribution in [2.75, 3.05) is 18.4 Å². The highest BCUT2D eigenvalue weighted by Gasteiger charge is 2.27. The number of carbonyl (C=O) groups excluding carboxylic acids is 1. The van der Waals surface area contributed by atoms with E-state index in [0.29, 0.717) is 5.69 Å². The van der Waals surface area contributed by atoms with Gasteiger partial charge in [0.1, 0.15) is 5.02 Å². The summed E-state index contributed by atoms with van der Waals surface area (Å²) >= 11 is 5.78. The first-order valence-corrected chi connectivity index (χ1v) is 8.30. The largest absolute Gasteiger partial charge is 0.325 e. The molecule has 0 bridgehead atoms. The normalized spacial score (nSPS) is 17.4. The molecule has 2 aromatic rings. The number of nitrogens with zero attached hydrogens (tertiary/aromatic N) is 3. The predicted octanol–water partition coefficient (Wildman–Crippen LogP) is 3.42. The average molecular weight is 361 g/mol. The molecule has 1 fully saturated rings. The second kappa shape index (κ2) is 7.58.